The Hall–Kier alpha value is -2.49. The summed E-state index contributed by atoms with van der Waals surface area (Å²) in [7, 11) is 0. The summed E-state index contributed by atoms with van der Waals surface area (Å²) in [5, 5.41) is 3.19. The van der Waals surface area contributed by atoms with Crippen molar-refractivity contribution in [1.82, 2.24) is 5.32 Å². The molecule has 4 rings (SSSR count). The number of para-hydroxylation sites is 2. The Balaban J connectivity index is 1.61. The molecule has 142 valence electrons. The first-order valence-electron chi connectivity index (χ1n) is 10.1. The van der Waals surface area contributed by atoms with Crippen molar-refractivity contribution in [3.8, 4) is 0 Å². The standard InChI is InChI=1S/C23H29N3O/c1-17(2)15-24-23(27)20-14-18-8-6-7-11-21(18)26-13-12-25(16-22(20)26)19-9-4-3-5-10-19/h3-11,17,20,22H,12-16H2,1-2H3,(H,24,27)/t20-,22+/m1/s1. The van der Waals surface area contributed by atoms with E-state index in [2.05, 4.69) is 83.6 Å². The molecule has 0 unspecified atom stereocenters. The van der Waals surface area contributed by atoms with Crippen LogP contribution in [0.4, 0.5) is 11.4 Å². The molecule has 2 atom stereocenters. The first kappa shape index (κ1) is 17.9. The van der Waals surface area contributed by atoms with Crippen LogP contribution in [0.1, 0.15) is 19.4 Å². The van der Waals surface area contributed by atoms with E-state index in [4.69, 9.17) is 0 Å². The van der Waals surface area contributed by atoms with Gasteiger partial charge in [0, 0.05) is 37.6 Å². The number of benzene rings is 2. The van der Waals surface area contributed by atoms with Gasteiger partial charge in [-0.1, -0.05) is 50.2 Å². The highest BCUT2D eigenvalue weighted by Crippen LogP contribution is 2.36. The van der Waals surface area contributed by atoms with Crippen LogP contribution in [0, 0.1) is 11.8 Å². The minimum atomic E-state index is -0.00911. The SMILES string of the molecule is CC(C)CNC(=O)[C@@H]1Cc2ccccc2N2CCN(c3ccccc3)C[C@@H]12. The molecule has 0 spiro atoms. The smallest absolute Gasteiger partial charge is 0.225 e. The van der Waals surface area contributed by atoms with E-state index in [0.717, 1.165) is 32.6 Å². The van der Waals surface area contributed by atoms with Crippen LogP contribution in [0.3, 0.4) is 0 Å². The van der Waals surface area contributed by atoms with Crippen molar-refractivity contribution in [2.45, 2.75) is 26.3 Å². The van der Waals surface area contributed by atoms with Gasteiger partial charge in [-0.15, -0.1) is 0 Å². The van der Waals surface area contributed by atoms with Crippen LogP contribution in [0.25, 0.3) is 0 Å². The summed E-state index contributed by atoms with van der Waals surface area (Å²) in [6.07, 6.45) is 0.823. The molecule has 2 aliphatic rings. The van der Waals surface area contributed by atoms with Gasteiger partial charge in [-0.3, -0.25) is 4.79 Å². The van der Waals surface area contributed by atoms with Gasteiger partial charge in [-0.25, -0.2) is 0 Å². The van der Waals surface area contributed by atoms with Crippen LogP contribution in [0.15, 0.2) is 54.6 Å². The monoisotopic (exact) mass is 363 g/mol. The van der Waals surface area contributed by atoms with Crippen LogP contribution in [0.5, 0.6) is 0 Å². The van der Waals surface area contributed by atoms with E-state index >= 15 is 0 Å². The van der Waals surface area contributed by atoms with Gasteiger partial charge in [-0.05, 0) is 36.1 Å². The summed E-state index contributed by atoms with van der Waals surface area (Å²) in [6.45, 7) is 7.84. The van der Waals surface area contributed by atoms with Gasteiger partial charge >= 0.3 is 0 Å². The molecule has 2 heterocycles. The average molecular weight is 364 g/mol. The fourth-order valence-corrected chi connectivity index (χ4v) is 4.37. The van der Waals surface area contributed by atoms with Crippen LogP contribution in [0.2, 0.25) is 0 Å². The Kier molecular flexibility index (Phi) is 5.06. The molecule has 1 amide bonds. The Morgan fingerprint density at radius 2 is 1.81 bits per heavy atom. The summed E-state index contributed by atoms with van der Waals surface area (Å²) in [5.74, 6) is 0.654. The Bertz CT molecular complexity index is 789. The minimum absolute atomic E-state index is 0.00911. The highest BCUT2D eigenvalue weighted by molar-refractivity contribution is 5.82. The number of fused-ring (bicyclic) bond motifs is 3. The highest BCUT2D eigenvalue weighted by atomic mass is 16.1. The summed E-state index contributed by atoms with van der Waals surface area (Å²) in [4.78, 5) is 18.0. The number of rotatable bonds is 4. The number of piperazine rings is 1. The molecule has 0 radical (unpaired) electrons. The topological polar surface area (TPSA) is 35.6 Å². The third kappa shape index (κ3) is 3.66. The highest BCUT2D eigenvalue weighted by Gasteiger charge is 2.41. The molecule has 1 saturated heterocycles. The van der Waals surface area contributed by atoms with E-state index in [1.165, 1.54) is 16.9 Å². The molecule has 0 aliphatic carbocycles. The molecule has 0 bridgehead atoms. The molecule has 0 aromatic heterocycles. The maximum Gasteiger partial charge on any atom is 0.225 e. The van der Waals surface area contributed by atoms with E-state index in [1.807, 2.05) is 0 Å². The molecule has 2 aliphatic heterocycles. The van der Waals surface area contributed by atoms with Gasteiger partial charge in [0.15, 0.2) is 0 Å². The largest absolute Gasteiger partial charge is 0.368 e. The van der Waals surface area contributed by atoms with E-state index in [-0.39, 0.29) is 17.9 Å². The fourth-order valence-electron chi connectivity index (χ4n) is 4.37. The maximum atomic E-state index is 13.1. The van der Waals surface area contributed by atoms with Crippen molar-refractivity contribution in [3.05, 3.63) is 60.2 Å². The second-order valence-electron chi connectivity index (χ2n) is 8.12. The lowest BCUT2D eigenvalue weighted by Crippen LogP contribution is -2.61. The number of hydrogen-bond donors (Lipinski definition) is 1. The predicted octanol–water partition coefficient (Wildman–Crippen LogP) is 3.33. The molecule has 27 heavy (non-hydrogen) atoms. The lowest BCUT2D eigenvalue weighted by atomic mass is 9.83. The number of anilines is 2. The molecule has 1 fully saturated rings. The Morgan fingerprint density at radius 3 is 2.59 bits per heavy atom. The number of nitrogens with one attached hydrogen (secondary N) is 1. The zero-order valence-corrected chi connectivity index (χ0v) is 16.3. The van der Waals surface area contributed by atoms with Gasteiger partial charge < -0.3 is 15.1 Å². The summed E-state index contributed by atoms with van der Waals surface area (Å²) >= 11 is 0. The molecule has 4 heteroatoms. The number of carbonyl (C=O) groups is 1. The zero-order chi connectivity index (χ0) is 18.8. The normalized spacial score (nSPS) is 21.6. The number of carbonyl (C=O) groups excluding carboxylic acids is 1. The summed E-state index contributed by atoms with van der Waals surface area (Å²) in [5.41, 5.74) is 3.85. The first-order chi connectivity index (χ1) is 13.1. The molecule has 0 saturated carbocycles. The number of amides is 1. The summed E-state index contributed by atoms with van der Waals surface area (Å²) < 4.78 is 0. The van der Waals surface area contributed by atoms with Crippen molar-refractivity contribution >= 4 is 17.3 Å². The lowest BCUT2D eigenvalue weighted by molar-refractivity contribution is -0.126. The molecule has 2 aromatic rings. The van der Waals surface area contributed by atoms with Crippen LogP contribution < -0.4 is 15.1 Å². The molecule has 1 N–H and O–H groups in total. The van der Waals surface area contributed by atoms with E-state index in [0.29, 0.717) is 5.92 Å². The Morgan fingerprint density at radius 1 is 1.07 bits per heavy atom. The fraction of sp³-hybridized carbons (Fsp3) is 0.435. The molecular formula is C23H29N3O. The zero-order valence-electron chi connectivity index (χ0n) is 16.3. The quantitative estimate of drug-likeness (QED) is 0.905. The predicted molar refractivity (Wildman–Crippen MR) is 111 cm³/mol. The van der Waals surface area contributed by atoms with Crippen molar-refractivity contribution < 1.29 is 4.79 Å². The van der Waals surface area contributed by atoms with E-state index < -0.39 is 0 Å². The summed E-state index contributed by atoms with van der Waals surface area (Å²) in [6, 6.07) is 19.4. The minimum Gasteiger partial charge on any atom is -0.368 e. The molecular weight excluding hydrogens is 334 g/mol. The third-order valence-corrected chi connectivity index (χ3v) is 5.77. The lowest BCUT2D eigenvalue weighted by Gasteiger charge is -2.49. The van der Waals surface area contributed by atoms with E-state index in [9.17, 15) is 4.79 Å². The van der Waals surface area contributed by atoms with Crippen LogP contribution in [-0.4, -0.2) is 38.1 Å². The van der Waals surface area contributed by atoms with Gasteiger partial charge in [0.25, 0.3) is 0 Å². The van der Waals surface area contributed by atoms with Crippen LogP contribution >= 0.6 is 0 Å². The van der Waals surface area contributed by atoms with Gasteiger partial charge in [0.05, 0.1) is 12.0 Å². The van der Waals surface area contributed by atoms with Crippen molar-refractivity contribution in [1.29, 1.82) is 0 Å². The van der Waals surface area contributed by atoms with Gasteiger partial charge in [0.2, 0.25) is 5.91 Å². The second kappa shape index (κ2) is 7.63. The van der Waals surface area contributed by atoms with Crippen LogP contribution in [-0.2, 0) is 11.2 Å². The number of nitrogens with zero attached hydrogens (tertiary/aromatic N) is 2. The van der Waals surface area contributed by atoms with Crippen molar-refractivity contribution in [2.75, 3.05) is 36.0 Å². The van der Waals surface area contributed by atoms with Gasteiger partial charge in [0.1, 0.15) is 0 Å². The second-order valence-corrected chi connectivity index (χ2v) is 8.12. The average Bonchev–Trinajstić information content (AvgIpc) is 2.71. The molecule has 2 aromatic carbocycles. The first-order valence-corrected chi connectivity index (χ1v) is 10.1. The van der Waals surface area contributed by atoms with Gasteiger partial charge in [-0.2, -0.15) is 0 Å². The van der Waals surface area contributed by atoms with Crippen molar-refractivity contribution in [2.24, 2.45) is 11.8 Å². The number of hydrogen-bond acceptors (Lipinski definition) is 3. The molecule has 4 nitrogen and oxygen atoms in total. The van der Waals surface area contributed by atoms with Crippen molar-refractivity contribution in [3.63, 3.8) is 0 Å². The third-order valence-electron chi connectivity index (χ3n) is 5.77. The Labute approximate surface area is 162 Å². The maximum absolute atomic E-state index is 13.1. The van der Waals surface area contributed by atoms with E-state index in [1.54, 1.807) is 0 Å².